The molecule has 1 amide bonds. The standard InChI is InChI=1S/C14H28NO3Si/c1-14(2,3)19(4,5)18-11-9-15-13(16)12-8-6-7-10-17-12/h6,12H,7-11H2,1-5H3,(H,15,16). The lowest BCUT2D eigenvalue weighted by Gasteiger charge is -2.36. The number of carbonyl (C=O) groups is 1. The van der Waals surface area contributed by atoms with Crippen LogP contribution < -0.4 is 5.32 Å². The highest BCUT2D eigenvalue weighted by molar-refractivity contribution is 6.74. The van der Waals surface area contributed by atoms with E-state index < -0.39 is 8.32 Å². The van der Waals surface area contributed by atoms with E-state index in [0.717, 1.165) is 12.8 Å². The first-order valence-electron chi connectivity index (χ1n) is 7.09. The Labute approximate surface area is 118 Å². The van der Waals surface area contributed by atoms with Gasteiger partial charge in [0, 0.05) is 13.2 Å². The van der Waals surface area contributed by atoms with Gasteiger partial charge in [0.15, 0.2) is 8.32 Å². The van der Waals surface area contributed by atoms with Crippen molar-refractivity contribution in [3.05, 3.63) is 6.42 Å². The SMILES string of the molecule is CC(C)(C)[Si](C)(C)OCCNC(=O)C1C[CH]CCO1. The normalized spacial score (nSPS) is 21.2. The minimum absolute atomic E-state index is 0.0187. The maximum absolute atomic E-state index is 11.8. The van der Waals surface area contributed by atoms with E-state index in [1.54, 1.807) is 0 Å². The summed E-state index contributed by atoms with van der Waals surface area (Å²) in [4.78, 5) is 11.8. The van der Waals surface area contributed by atoms with Crippen molar-refractivity contribution in [1.82, 2.24) is 5.32 Å². The Bertz CT molecular complexity index is 294. The maximum atomic E-state index is 11.8. The molecule has 1 atom stereocenters. The molecule has 0 aromatic carbocycles. The van der Waals surface area contributed by atoms with Crippen molar-refractivity contribution in [1.29, 1.82) is 0 Å². The Kier molecular flexibility index (Phi) is 6.01. The molecule has 1 saturated heterocycles. The third-order valence-corrected chi connectivity index (χ3v) is 8.52. The van der Waals surface area contributed by atoms with E-state index in [1.807, 2.05) is 0 Å². The van der Waals surface area contributed by atoms with Gasteiger partial charge in [-0.25, -0.2) is 0 Å². The van der Waals surface area contributed by atoms with Crippen molar-refractivity contribution in [3.8, 4) is 0 Å². The van der Waals surface area contributed by atoms with E-state index >= 15 is 0 Å². The molecule has 1 aliphatic rings. The van der Waals surface area contributed by atoms with Crippen LogP contribution in [0.25, 0.3) is 0 Å². The second-order valence-electron chi connectivity index (χ2n) is 6.57. The number of hydrogen-bond donors (Lipinski definition) is 1. The minimum Gasteiger partial charge on any atom is -0.415 e. The average Bonchev–Trinajstić information content (AvgIpc) is 2.34. The van der Waals surface area contributed by atoms with Crippen LogP contribution in [0.3, 0.4) is 0 Å². The molecular formula is C14H28NO3Si. The van der Waals surface area contributed by atoms with E-state index in [4.69, 9.17) is 9.16 Å². The van der Waals surface area contributed by atoms with Gasteiger partial charge in [-0.15, -0.1) is 0 Å². The Balaban J connectivity index is 2.21. The van der Waals surface area contributed by atoms with Crippen LogP contribution in [-0.4, -0.2) is 40.1 Å². The molecule has 0 aromatic heterocycles. The summed E-state index contributed by atoms with van der Waals surface area (Å²) < 4.78 is 11.4. The summed E-state index contributed by atoms with van der Waals surface area (Å²) in [5.41, 5.74) is 0. The minimum atomic E-state index is -1.71. The van der Waals surface area contributed by atoms with Crippen molar-refractivity contribution in [2.24, 2.45) is 0 Å². The van der Waals surface area contributed by atoms with Gasteiger partial charge in [0.05, 0.1) is 6.61 Å². The van der Waals surface area contributed by atoms with Gasteiger partial charge in [-0.3, -0.25) is 4.79 Å². The van der Waals surface area contributed by atoms with E-state index in [0.29, 0.717) is 19.8 Å². The summed E-state index contributed by atoms with van der Waals surface area (Å²) in [6, 6.07) is 0. The molecule has 0 bridgehead atoms. The molecule has 1 aliphatic heterocycles. The lowest BCUT2D eigenvalue weighted by atomic mass is 10.1. The Morgan fingerprint density at radius 2 is 2.16 bits per heavy atom. The van der Waals surface area contributed by atoms with Crippen molar-refractivity contribution >= 4 is 14.2 Å². The van der Waals surface area contributed by atoms with Gasteiger partial charge < -0.3 is 14.5 Å². The van der Waals surface area contributed by atoms with Gasteiger partial charge in [-0.1, -0.05) is 20.8 Å². The predicted molar refractivity (Wildman–Crippen MR) is 79.4 cm³/mol. The van der Waals surface area contributed by atoms with Crippen molar-refractivity contribution < 1.29 is 14.0 Å². The monoisotopic (exact) mass is 286 g/mol. The number of rotatable bonds is 5. The number of nitrogens with one attached hydrogen (secondary N) is 1. The van der Waals surface area contributed by atoms with Crippen LogP contribution in [0.5, 0.6) is 0 Å². The first-order valence-corrected chi connectivity index (χ1v) is 10.00. The van der Waals surface area contributed by atoms with Crippen LogP contribution in [0.15, 0.2) is 0 Å². The molecular weight excluding hydrogens is 258 g/mol. The fourth-order valence-electron chi connectivity index (χ4n) is 1.62. The molecule has 1 heterocycles. The van der Waals surface area contributed by atoms with E-state index in [-0.39, 0.29) is 17.0 Å². The van der Waals surface area contributed by atoms with Crippen LogP contribution >= 0.6 is 0 Å². The largest absolute Gasteiger partial charge is 0.415 e. The maximum Gasteiger partial charge on any atom is 0.249 e. The first kappa shape index (κ1) is 16.7. The highest BCUT2D eigenvalue weighted by atomic mass is 28.4. The zero-order valence-electron chi connectivity index (χ0n) is 12.9. The molecule has 0 aliphatic carbocycles. The third kappa shape index (κ3) is 5.24. The Morgan fingerprint density at radius 1 is 1.47 bits per heavy atom. The molecule has 0 spiro atoms. The lowest BCUT2D eigenvalue weighted by molar-refractivity contribution is -0.134. The van der Waals surface area contributed by atoms with Crippen molar-refractivity contribution in [2.45, 2.75) is 57.8 Å². The molecule has 1 unspecified atom stereocenters. The summed E-state index contributed by atoms with van der Waals surface area (Å²) in [7, 11) is -1.71. The second kappa shape index (κ2) is 6.86. The van der Waals surface area contributed by atoms with E-state index in [2.05, 4.69) is 45.6 Å². The van der Waals surface area contributed by atoms with Crippen LogP contribution in [0.4, 0.5) is 0 Å². The Morgan fingerprint density at radius 3 is 2.68 bits per heavy atom. The topological polar surface area (TPSA) is 47.6 Å². The molecule has 5 heteroatoms. The summed E-state index contributed by atoms with van der Waals surface area (Å²) in [6.07, 6.45) is 3.47. The number of hydrogen-bond acceptors (Lipinski definition) is 3. The summed E-state index contributed by atoms with van der Waals surface area (Å²) in [5, 5.41) is 3.10. The number of carbonyl (C=O) groups excluding carboxylic acids is 1. The first-order chi connectivity index (χ1) is 8.74. The van der Waals surface area contributed by atoms with Crippen LogP contribution in [-0.2, 0) is 14.0 Å². The summed E-state index contributed by atoms with van der Waals surface area (Å²) in [5.74, 6) is -0.0187. The molecule has 0 saturated carbocycles. The van der Waals surface area contributed by atoms with Gasteiger partial charge in [0.1, 0.15) is 6.10 Å². The van der Waals surface area contributed by atoms with Gasteiger partial charge in [-0.2, -0.15) is 0 Å². The van der Waals surface area contributed by atoms with Gasteiger partial charge in [0.25, 0.3) is 0 Å². The van der Waals surface area contributed by atoms with Gasteiger partial charge in [0.2, 0.25) is 5.91 Å². The third-order valence-electron chi connectivity index (χ3n) is 3.98. The molecule has 1 radical (unpaired) electrons. The zero-order valence-corrected chi connectivity index (χ0v) is 13.9. The molecule has 111 valence electrons. The second-order valence-corrected chi connectivity index (χ2v) is 11.4. The average molecular weight is 286 g/mol. The molecule has 0 aromatic rings. The molecule has 1 fully saturated rings. The fourth-order valence-corrected chi connectivity index (χ4v) is 2.67. The predicted octanol–water partition coefficient (Wildman–Crippen LogP) is 2.51. The summed E-state index contributed by atoms with van der Waals surface area (Å²) in [6.45, 7) is 12.9. The van der Waals surface area contributed by atoms with Crippen LogP contribution in [0, 0.1) is 6.42 Å². The molecule has 1 N–H and O–H groups in total. The van der Waals surface area contributed by atoms with E-state index in [9.17, 15) is 4.79 Å². The van der Waals surface area contributed by atoms with E-state index in [1.165, 1.54) is 0 Å². The lowest BCUT2D eigenvalue weighted by Crippen LogP contribution is -2.44. The number of amides is 1. The van der Waals surface area contributed by atoms with Crippen LogP contribution in [0.1, 0.15) is 33.6 Å². The Hall–Kier alpha value is -0.393. The quantitative estimate of drug-likeness (QED) is 0.624. The van der Waals surface area contributed by atoms with Crippen molar-refractivity contribution in [3.63, 3.8) is 0 Å². The molecule has 19 heavy (non-hydrogen) atoms. The highest BCUT2D eigenvalue weighted by Gasteiger charge is 2.36. The van der Waals surface area contributed by atoms with Crippen molar-refractivity contribution in [2.75, 3.05) is 19.8 Å². The number of ether oxygens (including phenoxy) is 1. The molecule has 4 nitrogen and oxygen atoms in total. The zero-order chi connectivity index (χ0) is 14.5. The molecule has 1 rings (SSSR count). The smallest absolute Gasteiger partial charge is 0.249 e. The van der Waals surface area contributed by atoms with Gasteiger partial charge >= 0.3 is 0 Å². The highest BCUT2D eigenvalue weighted by Crippen LogP contribution is 2.36. The van der Waals surface area contributed by atoms with Gasteiger partial charge in [-0.05, 0) is 37.4 Å². The fraction of sp³-hybridized carbons (Fsp3) is 0.857. The van der Waals surface area contributed by atoms with Crippen LogP contribution in [0.2, 0.25) is 18.1 Å². The summed E-state index contributed by atoms with van der Waals surface area (Å²) >= 11 is 0.